The monoisotopic (exact) mass is 309 g/mol. The Morgan fingerprint density at radius 3 is 2.52 bits per heavy atom. The smallest absolute Gasteiger partial charge is 0.163 e. The van der Waals surface area contributed by atoms with E-state index in [1.807, 2.05) is 37.2 Å². The summed E-state index contributed by atoms with van der Waals surface area (Å²) in [5.74, 6) is 1.84. The maximum Gasteiger partial charge on any atom is 0.163 e. The molecular formula is C16H19N7. The molecule has 0 bridgehead atoms. The van der Waals surface area contributed by atoms with Gasteiger partial charge in [-0.25, -0.2) is 15.0 Å². The molecule has 0 spiro atoms. The highest BCUT2D eigenvalue weighted by Gasteiger charge is 2.21. The van der Waals surface area contributed by atoms with Gasteiger partial charge in [-0.15, -0.1) is 0 Å². The molecule has 0 amide bonds. The van der Waals surface area contributed by atoms with Gasteiger partial charge in [0.2, 0.25) is 0 Å². The van der Waals surface area contributed by atoms with Crippen LogP contribution < -0.4 is 14.7 Å². The maximum atomic E-state index is 9.19. The van der Waals surface area contributed by atoms with E-state index in [4.69, 9.17) is 0 Å². The molecule has 118 valence electrons. The van der Waals surface area contributed by atoms with Crippen LogP contribution >= 0.6 is 0 Å². The Hall–Kier alpha value is -2.88. The van der Waals surface area contributed by atoms with Gasteiger partial charge in [-0.05, 0) is 12.1 Å². The first-order valence-corrected chi connectivity index (χ1v) is 7.53. The number of rotatable bonds is 3. The van der Waals surface area contributed by atoms with Crippen LogP contribution in [0.4, 0.5) is 17.3 Å². The van der Waals surface area contributed by atoms with Crippen molar-refractivity contribution in [3.8, 4) is 6.07 Å². The topological polar surface area (TPSA) is 72.2 Å². The summed E-state index contributed by atoms with van der Waals surface area (Å²) in [5.41, 5.74) is 1.39. The normalized spacial score (nSPS) is 14.5. The van der Waals surface area contributed by atoms with Gasteiger partial charge in [0.15, 0.2) is 5.69 Å². The minimum atomic E-state index is 0.484. The fraction of sp³-hybridized carbons (Fsp3) is 0.375. The summed E-state index contributed by atoms with van der Waals surface area (Å²) in [4.78, 5) is 19.2. The van der Waals surface area contributed by atoms with E-state index in [2.05, 4.69) is 30.8 Å². The molecular weight excluding hydrogens is 290 g/mol. The Morgan fingerprint density at radius 2 is 1.83 bits per heavy atom. The second kappa shape index (κ2) is 6.48. The molecule has 1 aliphatic rings. The molecule has 1 saturated heterocycles. The summed E-state index contributed by atoms with van der Waals surface area (Å²) in [7, 11) is 3.94. The molecule has 0 aromatic carbocycles. The highest BCUT2D eigenvalue weighted by Crippen LogP contribution is 2.22. The van der Waals surface area contributed by atoms with Crippen LogP contribution in [0.5, 0.6) is 0 Å². The summed E-state index contributed by atoms with van der Waals surface area (Å²) < 4.78 is 0. The average molecular weight is 309 g/mol. The van der Waals surface area contributed by atoms with E-state index < -0.39 is 0 Å². The van der Waals surface area contributed by atoms with Gasteiger partial charge in [0, 0.05) is 52.5 Å². The number of piperazine rings is 1. The largest absolute Gasteiger partial charge is 0.366 e. The Balaban J connectivity index is 1.71. The zero-order valence-electron chi connectivity index (χ0n) is 13.3. The van der Waals surface area contributed by atoms with Crippen LogP contribution in [0.2, 0.25) is 0 Å². The molecule has 0 radical (unpaired) electrons. The van der Waals surface area contributed by atoms with E-state index in [0.717, 1.165) is 43.5 Å². The van der Waals surface area contributed by atoms with Gasteiger partial charge < -0.3 is 14.7 Å². The molecule has 3 rings (SSSR count). The van der Waals surface area contributed by atoms with Crippen LogP contribution in [0.15, 0.2) is 30.7 Å². The molecule has 7 nitrogen and oxygen atoms in total. The van der Waals surface area contributed by atoms with E-state index in [1.165, 1.54) is 0 Å². The number of nitriles is 1. The third-order valence-corrected chi connectivity index (χ3v) is 3.93. The molecule has 0 aliphatic carbocycles. The highest BCUT2D eigenvalue weighted by molar-refractivity contribution is 5.57. The molecule has 2 aromatic heterocycles. The molecule has 0 N–H and O–H groups in total. The van der Waals surface area contributed by atoms with Crippen molar-refractivity contribution < 1.29 is 0 Å². The second-order valence-corrected chi connectivity index (χ2v) is 5.59. The predicted octanol–water partition coefficient (Wildman–Crippen LogP) is 1.14. The summed E-state index contributed by atoms with van der Waals surface area (Å²) in [6.45, 7) is 3.37. The number of hydrogen-bond donors (Lipinski definition) is 0. The molecule has 0 unspecified atom stereocenters. The zero-order chi connectivity index (χ0) is 16.2. The molecule has 23 heavy (non-hydrogen) atoms. The fourth-order valence-electron chi connectivity index (χ4n) is 2.67. The van der Waals surface area contributed by atoms with Crippen LogP contribution in [-0.2, 0) is 0 Å². The fourth-order valence-corrected chi connectivity index (χ4v) is 2.67. The number of hydrogen-bond acceptors (Lipinski definition) is 7. The van der Waals surface area contributed by atoms with E-state index >= 15 is 0 Å². The first-order chi connectivity index (χ1) is 11.2. The molecule has 2 aromatic rings. The number of pyridine rings is 1. The first-order valence-electron chi connectivity index (χ1n) is 7.53. The van der Waals surface area contributed by atoms with E-state index in [0.29, 0.717) is 5.69 Å². The third-order valence-electron chi connectivity index (χ3n) is 3.93. The molecule has 1 fully saturated rings. The highest BCUT2D eigenvalue weighted by atomic mass is 15.3. The van der Waals surface area contributed by atoms with Crippen LogP contribution in [0, 0.1) is 11.3 Å². The minimum Gasteiger partial charge on any atom is -0.366 e. The van der Waals surface area contributed by atoms with Gasteiger partial charge in [0.05, 0.1) is 5.69 Å². The SMILES string of the molecule is CN(C)c1cc(N2CCN(c3cccnc3C#N)CC2)ncn1. The van der Waals surface area contributed by atoms with Gasteiger partial charge in [0.1, 0.15) is 24.0 Å². The van der Waals surface area contributed by atoms with Crippen LogP contribution in [0.25, 0.3) is 0 Å². The van der Waals surface area contributed by atoms with Crippen molar-refractivity contribution in [2.75, 3.05) is 55.0 Å². The number of aromatic nitrogens is 3. The van der Waals surface area contributed by atoms with Crippen LogP contribution in [0.1, 0.15) is 5.69 Å². The van der Waals surface area contributed by atoms with Crippen LogP contribution in [0.3, 0.4) is 0 Å². The average Bonchev–Trinajstić information content (AvgIpc) is 2.62. The van der Waals surface area contributed by atoms with Gasteiger partial charge in [-0.3, -0.25) is 0 Å². The Kier molecular flexibility index (Phi) is 4.24. The van der Waals surface area contributed by atoms with E-state index in [1.54, 1.807) is 12.5 Å². The lowest BCUT2D eigenvalue weighted by molar-refractivity contribution is 0.645. The minimum absolute atomic E-state index is 0.484. The van der Waals surface area contributed by atoms with E-state index in [-0.39, 0.29) is 0 Å². The predicted molar refractivity (Wildman–Crippen MR) is 89.7 cm³/mol. The third kappa shape index (κ3) is 3.16. The maximum absolute atomic E-state index is 9.19. The number of nitrogens with zero attached hydrogens (tertiary/aromatic N) is 7. The van der Waals surface area contributed by atoms with Crippen molar-refractivity contribution in [3.63, 3.8) is 0 Å². The molecule has 0 saturated carbocycles. The van der Waals surface area contributed by atoms with Crippen LogP contribution in [-0.4, -0.2) is 55.2 Å². The van der Waals surface area contributed by atoms with Gasteiger partial charge in [0.25, 0.3) is 0 Å². The van der Waals surface area contributed by atoms with Gasteiger partial charge in [-0.1, -0.05) is 0 Å². The van der Waals surface area contributed by atoms with E-state index in [9.17, 15) is 5.26 Å². The quantitative estimate of drug-likeness (QED) is 0.841. The summed E-state index contributed by atoms with van der Waals surface area (Å²) in [6.07, 6.45) is 3.26. The van der Waals surface area contributed by atoms with Crippen molar-refractivity contribution in [2.45, 2.75) is 0 Å². The summed E-state index contributed by atoms with van der Waals surface area (Å²) >= 11 is 0. The molecule has 7 heteroatoms. The van der Waals surface area contributed by atoms with Crippen molar-refractivity contribution in [1.29, 1.82) is 5.26 Å². The van der Waals surface area contributed by atoms with Crippen molar-refractivity contribution in [3.05, 3.63) is 36.4 Å². The van der Waals surface area contributed by atoms with Gasteiger partial charge in [-0.2, -0.15) is 5.26 Å². The Morgan fingerprint density at radius 1 is 1.09 bits per heavy atom. The molecule has 3 heterocycles. The van der Waals surface area contributed by atoms with Crippen molar-refractivity contribution >= 4 is 17.3 Å². The first kappa shape index (κ1) is 15.0. The summed E-state index contributed by atoms with van der Waals surface area (Å²) in [5, 5.41) is 9.19. The lowest BCUT2D eigenvalue weighted by atomic mass is 10.2. The lowest BCUT2D eigenvalue weighted by Crippen LogP contribution is -2.47. The molecule has 0 atom stereocenters. The Bertz CT molecular complexity index is 714. The number of anilines is 3. The van der Waals surface area contributed by atoms with Crippen molar-refractivity contribution in [2.24, 2.45) is 0 Å². The standard InChI is InChI=1S/C16H19N7/c1-21(2)15-10-16(20-12-19-15)23-8-6-22(7-9-23)14-4-3-5-18-13(14)11-17/h3-5,10,12H,6-9H2,1-2H3. The lowest BCUT2D eigenvalue weighted by Gasteiger charge is -2.36. The summed E-state index contributed by atoms with van der Waals surface area (Å²) in [6, 6.07) is 7.99. The second-order valence-electron chi connectivity index (χ2n) is 5.59. The Labute approximate surface area is 135 Å². The zero-order valence-corrected chi connectivity index (χ0v) is 13.3. The van der Waals surface area contributed by atoms with Crippen molar-refractivity contribution in [1.82, 2.24) is 15.0 Å². The van der Waals surface area contributed by atoms with Gasteiger partial charge >= 0.3 is 0 Å². The molecule has 1 aliphatic heterocycles.